The van der Waals surface area contributed by atoms with Gasteiger partial charge < -0.3 is 24.4 Å². The Morgan fingerprint density at radius 3 is 2.15 bits per heavy atom. The molecule has 0 spiro atoms. The maximum atomic E-state index is 5.50. The van der Waals surface area contributed by atoms with E-state index in [4.69, 9.17) is 36.6 Å². The first-order valence-corrected chi connectivity index (χ1v) is 6.07. The quantitative estimate of drug-likeness (QED) is 0.845. The number of aromatic nitrogens is 1. The van der Waals surface area contributed by atoms with Gasteiger partial charge in [0.25, 0.3) is 0 Å². The van der Waals surface area contributed by atoms with Crippen molar-refractivity contribution in [2.75, 3.05) is 21.3 Å². The molecule has 2 N–H and O–H groups in total. The molecule has 0 aliphatic rings. The van der Waals surface area contributed by atoms with Gasteiger partial charge in [-0.1, -0.05) is 12.2 Å². The van der Waals surface area contributed by atoms with E-state index in [1.165, 1.54) is 27.6 Å². The molecular formula is C13H14N2O4S. The summed E-state index contributed by atoms with van der Waals surface area (Å²) < 4.78 is 21.1. The van der Waals surface area contributed by atoms with Gasteiger partial charge >= 0.3 is 0 Å². The molecule has 2 rings (SSSR count). The summed E-state index contributed by atoms with van der Waals surface area (Å²) in [6, 6.07) is 3.47. The van der Waals surface area contributed by atoms with Crippen molar-refractivity contribution in [1.29, 1.82) is 0 Å². The number of nitrogens with zero attached hydrogens (tertiary/aromatic N) is 1. The Labute approximate surface area is 121 Å². The molecule has 6 nitrogen and oxygen atoms in total. The van der Waals surface area contributed by atoms with Gasteiger partial charge in [0.15, 0.2) is 11.5 Å². The number of oxazole rings is 1. The van der Waals surface area contributed by atoms with Crippen molar-refractivity contribution in [3.8, 4) is 28.7 Å². The van der Waals surface area contributed by atoms with Crippen molar-refractivity contribution >= 4 is 17.2 Å². The Bertz CT molecular complexity index is 614. The zero-order valence-electron chi connectivity index (χ0n) is 11.3. The smallest absolute Gasteiger partial charge is 0.226 e. The second-order valence-corrected chi connectivity index (χ2v) is 4.26. The summed E-state index contributed by atoms with van der Waals surface area (Å²) in [6.07, 6.45) is 1.40. The summed E-state index contributed by atoms with van der Waals surface area (Å²) in [7, 11) is 4.62. The second kappa shape index (κ2) is 5.79. The lowest BCUT2D eigenvalue weighted by Crippen LogP contribution is -2.09. The minimum Gasteiger partial charge on any atom is -0.493 e. The molecule has 0 atom stereocenters. The lowest BCUT2D eigenvalue weighted by molar-refractivity contribution is 0.324. The molecule has 106 valence electrons. The standard InChI is InChI=1S/C13H14N2O4S/c1-16-9-4-7(5-10(17-2)11(9)18-3)13-15-8(6-19-13)12(14)20/h4-6H,1-3H3,(H2,14,20). The number of nitrogens with two attached hydrogens (primary N) is 1. The highest BCUT2D eigenvalue weighted by atomic mass is 32.1. The molecule has 1 aromatic carbocycles. The average Bonchev–Trinajstić information content (AvgIpc) is 2.95. The van der Waals surface area contributed by atoms with E-state index < -0.39 is 0 Å². The van der Waals surface area contributed by atoms with Crippen LogP contribution in [-0.4, -0.2) is 31.3 Å². The molecule has 0 aliphatic carbocycles. The SMILES string of the molecule is COc1cc(-c2nc(C(N)=S)co2)cc(OC)c1OC. The largest absolute Gasteiger partial charge is 0.493 e. The molecule has 0 saturated heterocycles. The van der Waals surface area contributed by atoms with Gasteiger partial charge in [0.1, 0.15) is 16.9 Å². The van der Waals surface area contributed by atoms with E-state index in [-0.39, 0.29) is 4.99 Å². The number of methoxy groups -OCH3 is 3. The zero-order chi connectivity index (χ0) is 14.7. The first-order chi connectivity index (χ1) is 9.60. The summed E-state index contributed by atoms with van der Waals surface area (Å²) in [5.41, 5.74) is 6.59. The van der Waals surface area contributed by atoms with E-state index >= 15 is 0 Å². The fourth-order valence-electron chi connectivity index (χ4n) is 1.72. The third-order valence-electron chi connectivity index (χ3n) is 2.67. The van der Waals surface area contributed by atoms with Crippen LogP contribution in [0.5, 0.6) is 17.2 Å². The molecule has 1 aromatic heterocycles. The molecular weight excluding hydrogens is 280 g/mol. The van der Waals surface area contributed by atoms with Crippen LogP contribution in [0.2, 0.25) is 0 Å². The van der Waals surface area contributed by atoms with Gasteiger partial charge in [-0.25, -0.2) is 4.98 Å². The molecule has 0 bridgehead atoms. The van der Waals surface area contributed by atoms with Crippen molar-refractivity contribution in [2.24, 2.45) is 5.73 Å². The molecule has 0 amide bonds. The van der Waals surface area contributed by atoms with Crippen LogP contribution in [0.3, 0.4) is 0 Å². The number of hydrogen-bond donors (Lipinski definition) is 1. The van der Waals surface area contributed by atoms with E-state index in [1.54, 1.807) is 12.1 Å². The van der Waals surface area contributed by atoms with Crippen molar-refractivity contribution in [3.05, 3.63) is 24.1 Å². The van der Waals surface area contributed by atoms with Crippen LogP contribution in [-0.2, 0) is 0 Å². The zero-order valence-corrected chi connectivity index (χ0v) is 12.1. The minimum absolute atomic E-state index is 0.174. The number of hydrogen-bond acceptors (Lipinski definition) is 6. The maximum absolute atomic E-state index is 5.50. The van der Waals surface area contributed by atoms with Crippen LogP contribution in [0.15, 0.2) is 22.8 Å². The van der Waals surface area contributed by atoms with E-state index in [0.29, 0.717) is 34.4 Å². The molecule has 0 radical (unpaired) electrons. The summed E-state index contributed by atoms with van der Waals surface area (Å²) in [5.74, 6) is 1.89. The fraction of sp³-hybridized carbons (Fsp3) is 0.231. The lowest BCUT2D eigenvalue weighted by Gasteiger charge is -2.12. The number of benzene rings is 1. The molecule has 0 unspecified atom stereocenters. The van der Waals surface area contributed by atoms with Crippen molar-refractivity contribution in [3.63, 3.8) is 0 Å². The third kappa shape index (κ3) is 2.53. The third-order valence-corrected chi connectivity index (χ3v) is 2.88. The molecule has 1 heterocycles. The van der Waals surface area contributed by atoms with Crippen LogP contribution in [0, 0.1) is 0 Å². The maximum Gasteiger partial charge on any atom is 0.226 e. The summed E-state index contributed by atoms with van der Waals surface area (Å²) in [5, 5.41) is 0. The van der Waals surface area contributed by atoms with E-state index in [9.17, 15) is 0 Å². The monoisotopic (exact) mass is 294 g/mol. The predicted molar refractivity (Wildman–Crippen MR) is 77.5 cm³/mol. The average molecular weight is 294 g/mol. The highest BCUT2D eigenvalue weighted by molar-refractivity contribution is 7.80. The van der Waals surface area contributed by atoms with Gasteiger partial charge in [0.05, 0.1) is 21.3 Å². The van der Waals surface area contributed by atoms with E-state index in [0.717, 1.165) is 0 Å². The van der Waals surface area contributed by atoms with Crippen LogP contribution in [0.4, 0.5) is 0 Å². The molecule has 2 aromatic rings. The minimum atomic E-state index is 0.174. The van der Waals surface area contributed by atoms with Crippen LogP contribution in [0.25, 0.3) is 11.5 Å². The highest BCUT2D eigenvalue weighted by Gasteiger charge is 2.17. The van der Waals surface area contributed by atoms with Crippen LogP contribution >= 0.6 is 12.2 Å². The normalized spacial score (nSPS) is 10.2. The summed E-state index contributed by atoms with van der Waals surface area (Å²) in [6.45, 7) is 0. The van der Waals surface area contributed by atoms with Gasteiger partial charge in [0, 0.05) is 5.56 Å². The molecule has 7 heteroatoms. The number of thiocarbonyl (C=S) groups is 1. The Hall–Kier alpha value is -2.28. The number of ether oxygens (including phenoxy) is 3. The van der Waals surface area contributed by atoms with Gasteiger partial charge in [-0.15, -0.1) is 0 Å². The Kier molecular flexibility index (Phi) is 4.09. The van der Waals surface area contributed by atoms with Crippen molar-refractivity contribution < 1.29 is 18.6 Å². The van der Waals surface area contributed by atoms with Gasteiger partial charge in [0.2, 0.25) is 11.6 Å². The topological polar surface area (TPSA) is 79.7 Å². The van der Waals surface area contributed by atoms with Crippen LogP contribution in [0.1, 0.15) is 5.69 Å². The first kappa shape index (κ1) is 14.1. The first-order valence-electron chi connectivity index (χ1n) is 5.66. The lowest BCUT2D eigenvalue weighted by atomic mass is 10.2. The van der Waals surface area contributed by atoms with Crippen molar-refractivity contribution in [2.45, 2.75) is 0 Å². The molecule has 0 saturated carbocycles. The molecule has 20 heavy (non-hydrogen) atoms. The highest BCUT2D eigenvalue weighted by Crippen LogP contribution is 2.40. The van der Waals surface area contributed by atoms with Gasteiger partial charge in [-0.05, 0) is 12.1 Å². The van der Waals surface area contributed by atoms with Gasteiger partial charge in [-0.3, -0.25) is 0 Å². The second-order valence-electron chi connectivity index (χ2n) is 3.82. The number of rotatable bonds is 5. The van der Waals surface area contributed by atoms with Crippen LogP contribution < -0.4 is 19.9 Å². The summed E-state index contributed by atoms with van der Waals surface area (Å²) >= 11 is 4.85. The molecule has 0 aliphatic heterocycles. The van der Waals surface area contributed by atoms with E-state index in [2.05, 4.69) is 4.98 Å². The van der Waals surface area contributed by atoms with Crippen molar-refractivity contribution in [1.82, 2.24) is 4.98 Å². The summed E-state index contributed by atoms with van der Waals surface area (Å²) in [4.78, 5) is 4.38. The van der Waals surface area contributed by atoms with E-state index in [1.807, 2.05) is 0 Å². The Morgan fingerprint density at radius 2 is 1.75 bits per heavy atom. The Balaban J connectivity index is 2.53. The Morgan fingerprint density at radius 1 is 1.15 bits per heavy atom. The van der Waals surface area contributed by atoms with Gasteiger partial charge in [-0.2, -0.15) is 0 Å². The molecule has 0 fully saturated rings. The fourth-order valence-corrected chi connectivity index (χ4v) is 1.82. The predicted octanol–water partition coefficient (Wildman–Crippen LogP) is 2.00.